The molecule has 1 aromatic rings. The Hall–Kier alpha value is -1.52. The number of allylic oxidation sites excluding steroid dienone is 3. The number of hydrogen-bond donors (Lipinski definition) is 1. The van der Waals surface area contributed by atoms with Crippen molar-refractivity contribution in [2.75, 3.05) is 11.5 Å². The van der Waals surface area contributed by atoms with E-state index in [1.165, 1.54) is 16.7 Å². The fourth-order valence-electron chi connectivity index (χ4n) is 5.77. The number of aliphatic hydroxyl groups is 1. The SMILES string of the molecule is Cc1cccc(CC/C=C/[C@@H]2[C@H]3CC(CCSCC(=O)N(C(C)C)C(C)C)=C[C@H]3C[C@H]2O)c1. The average Bonchev–Trinajstić information content (AvgIpc) is 3.25. The summed E-state index contributed by atoms with van der Waals surface area (Å²) in [5, 5.41) is 10.6. The fourth-order valence-corrected chi connectivity index (χ4v) is 6.65. The molecule has 0 radical (unpaired) electrons. The van der Waals surface area contributed by atoms with Crippen molar-refractivity contribution in [2.45, 2.75) is 84.9 Å². The highest BCUT2D eigenvalue weighted by atomic mass is 32.2. The number of thioether (sulfide) groups is 1. The quantitative estimate of drug-likeness (QED) is 0.310. The van der Waals surface area contributed by atoms with Gasteiger partial charge < -0.3 is 10.0 Å². The summed E-state index contributed by atoms with van der Waals surface area (Å²) in [6.45, 7) is 10.5. The number of carbonyl (C=O) groups excluding carboxylic acids is 1. The summed E-state index contributed by atoms with van der Waals surface area (Å²) in [4.78, 5) is 14.5. The molecule has 2 aliphatic rings. The predicted octanol–water partition coefficient (Wildman–Crippen LogP) is 6.20. The van der Waals surface area contributed by atoms with Crippen LogP contribution in [-0.4, -0.2) is 45.6 Å². The first kappa shape index (κ1) is 26.1. The molecule has 0 heterocycles. The Morgan fingerprint density at radius 1 is 1.21 bits per heavy atom. The molecule has 0 bridgehead atoms. The molecular weight excluding hydrogens is 426 g/mol. The first-order valence-electron chi connectivity index (χ1n) is 12.7. The highest BCUT2D eigenvalue weighted by Gasteiger charge is 2.43. The lowest BCUT2D eigenvalue weighted by Gasteiger charge is -2.30. The van der Waals surface area contributed by atoms with E-state index in [0.29, 0.717) is 17.6 Å². The van der Waals surface area contributed by atoms with Gasteiger partial charge in [-0.3, -0.25) is 4.79 Å². The molecule has 1 saturated carbocycles. The fraction of sp³-hybridized carbons (Fsp3) is 0.621. The molecular formula is C29H43NO2S. The van der Waals surface area contributed by atoms with Crippen LogP contribution in [0.25, 0.3) is 0 Å². The second-order valence-corrected chi connectivity index (χ2v) is 11.6. The Morgan fingerprint density at radius 2 is 1.97 bits per heavy atom. The molecule has 0 aromatic heterocycles. The Balaban J connectivity index is 1.41. The third-order valence-electron chi connectivity index (χ3n) is 7.18. The highest BCUT2D eigenvalue weighted by Crippen LogP contribution is 2.48. The highest BCUT2D eigenvalue weighted by molar-refractivity contribution is 7.99. The van der Waals surface area contributed by atoms with Gasteiger partial charge >= 0.3 is 0 Å². The number of hydrogen-bond acceptors (Lipinski definition) is 3. The van der Waals surface area contributed by atoms with Crippen molar-refractivity contribution in [3.05, 3.63) is 59.2 Å². The number of amides is 1. The van der Waals surface area contributed by atoms with Crippen molar-refractivity contribution in [3.63, 3.8) is 0 Å². The predicted molar refractivity (Wildman–Crippen MR) is 141 cm³/mol. The maximum Gasteiger partial charge on any atom is 0.233 e. The molecule has 182 valence electrons. The van der Waals surface area contributed by atoms with E-state index in [1.807, 2.05) is 4.90 Å². The molecule has 1 N–H and O–H groups in total. The Kier molecular flexibility index (Phi) is 9.69. The number of benzene rings is 1. The zero-order valence-corrected chi connectivity index (χ0v) is 22.0. The van der Waals surface area contributed by atoms with Gasteiger partial charge in [0.05, 0.1) is 11.9 Å². The molecule has 4 heteroatoms. The van der Waals surface area contributed by atoms with Crippen molar-refractivity contribution >= 4 is 17.7 Å². The summed E-state index contributed by atoms with van der Waals surface area (Å²) in [6, 6.07) is 9.23. The lowest BCUT2D eigenvalue weighted by atomic mass is 9.89. The van der Waals surface area contributed by atoms with Crippen LogP contribution in [-0.2, 0) is 11.2 Å². The van der Waals surface area contributed by atoms with Gasteiger partial charge in [0.15, 0.2) is 0 Å². The number of aryl methyl sites for hydroxylation is 2. The molecule has 0 unspecified atom stereocenters. The molecule has 0 aliphatic heterocycles. The smallest absolute Gasteiger partial charge is 0.233 e. The molecule has 4 atom stereocenters. The van der Waals surface area contributed by atoms with Crippen molar-refractivity contribution in [1.82, 2.24) is 4.90 Å². The molecule has 3 nitrogen and oxygen atoms in total. The molecule has 3 rings (SSSR count). The van der Waals surface area contributed by atoms with Crippen LogP contribution in [0.2, 0.25) is 0 Å². The number of nitrogens with zero attached hydrogens (tertiary/aromatic N) is 1. The molecule has 1 fully saturated rings. The van der Waals surface area contributed by atoms with Crippen LogP contribution in [0.15, 0.2) is 48.1 Å². The molecule has 0 spiro atoms. The minimum atomic E-state index is -0.210. The van der Waals surface area contributed by atoms with Crippen LogP contribution < -0.4 is 0 Å². The Morgan fingerprint density at radius 3 is 2.67 bits per heavy atom. The van der Waals surface area contributed by atoms with Crippen LogP contribution in [0.3, 0.4) is 0 Å². The second-order valence-electron chi connectivity index (χ2n) is 10.5. The summed E-state index contributed by atoms with van der Waals surface area (Å²) < 4.78 is 0. The van der Waals surface area contributed by atoms with Gasteiger partial charge in [-0.05, 0) is 89.9 Å². The van der Waals surface area contributed by atoms with Gasteiger partial charge in [0.1, 0.15) is 0 Å². The summed E-state index contributed by atoms with van der Waals surface area (Å²) in [6.07, 6.45) is 11.9. The zero-order valence-electron chi connectivity index (χ0n) is 21.2. The Labute approximate surface area is 205 Å². The molecule has 1 amide bonds. The van der Waals surface area contributed by atoms with Crippen LogP contribution in [0.1, 0.15) is 64.5 Å². The lowest BCUT2D eigenvalue weighted by molar-refractivity contribution is -0.131. The van der Waals surface area contributed by atoms with Gasteiger partial charge in [-0.25, -0.2) is 0 Å². The second kappa shape index (κ2) is 12.3. The topological polar surface area (TPSA) is 40.5 Å². The maximum atomic E-state index is 12.5. The number of rotatable bonds is 11. The van der Waals surface area contributed by atoms with Crippen molar-refractivity contribution in [3.8, 4) is 0 Å². The minimum absolute atomic E-state index is 0.210. The van der Waals surface area contributed by atoms with E-state index in [9.17, 15) is 9.90 Å². The summed E-state index contributed by atoms with van der Waals surface area (Å²) in [7, 11) is 0. The van der Waals surface area contributed by atoms with Crippen LogP contribution >= 0.6 is 11.8 Å². The van der Waals surface area contributed by atoms with Gasteiger partial charge in [-0.2, -0.15) is 11.8 Å². The minimum Gasteiger partial charge on any atom is -0.392 e. The van der Waals surface area contributed by atoms with E-state index < -0.39 is 0 Å². The van der Waals surface area contributed by atoms with Crippen LogP contribution in [0.4, 0.5) is 0 Å². The summed E-state index contributed by atoms with van der Waals surface area (Å²) in [5.41, 5.74) is 4.23. The Bertz CT molecular complexity index is 836. The third kappa shape index (κ3) is 7.23. The average molecular weight is 470 g/mol. The van der Waals surface area contributed by atoms with E-state index in [2.05, 4.69) is 77.1 Å². The van der Waals surface area contributed by atoms with Gasteiger partial charge in [0.2, 0.25) is 5.91 Å². The van der Waals surface area contributed by atoms with Gasteiger partial charge in [0.25, 0.3) is 0 Å². The number of carbonyl (C=O) groups is 1. The van der Waals surface area contributed by atoms with Crippen molar-refractivity contribution < 1.29 is 9.90 Å². The molecule has 2 aliphatic carbocycles. The van der Waals surface area contributed by atoms with Crippen molar-refractivity contribution in [2.24, 2.45) is 17.8 Å². The van der Waals surface area contributed by atoms with E-state index in [4.69, 9.17) is 0 Å². The standard InChI is InChI=1S/C29H43NO2S/c1-20(2)30(21(3)4)29(32)19-33-14-13-24-16-25-18-28(31)26(27(25)17-24)12-7-6-10-23-11-8-9-22(5)15-23/h7-9,11-12,15-16,20-21,25-28,31H,6,10,13-14,17-19H2,1-5H3/b12-7+/t25-,26+,27-,28+/m0/s1. The van der Waals surface area contributed by atoms with E-state index in [1.54, 1.807) is 11.8 Å². The first-order valence-corrected chi connectivity index (χ1v) is 13.9. The van der Waals surface area contributed by atoms with Crippen LogP contribution in [0, 0.1) is 24.7 Å². The monoisotopic (exact) mass is 469 g/mol. The number of fused-ring (bicyclic) bond motifs is 1. The lowest BCUT2D eigenvalue weighted by Crippen LogP contribution is -2.43. The van der Waals surface area contributed by atoms with Crippen LogP contribution in [0.5, 0.6) is 0 Å². The van der Waals surface area contributed by atoms with E-state index in [0.717, 1.165) is 37.9 Å². The first-order chi connectivity index (χ1) is 15.8. The number of aliphatic hydroxyl groups excluding tert-OH is 1. The van der Waals surface area contributed by atoms with Gasteiger partial charge in [-0.15, -0.1) is 0 Å². The van der Waals surface area contributed by atoms with Crippen molar-refractivity contribution in [1.29, 1.82) is 0 Å². The maximum absolute atomic E-state index is 12.5. The normalized spacial score (nSPS) is 24.7. The molecule has 1 aromatic carbocycles. The molecule has 33 heavy (non-hydrogen) atoms. The summed E-state index contributed by atoms with van der Waals surface area (Å²) >= 11 is 1.76. The van der Waals surface area contributed by atoms with Gasteiger partial charge in [0, 0.05) is 18.0 Å². The van der Waals surface area contributed by atoms with Gasteiger partial charge in [-0.1, -0.05) is 53.6 Å². The zero-order chi connectivity index (χ0) is 24.0. The summed E-state index contributed by atoms with van der Waals surface area (Å²) in [5.74, 6) is 3.17. The largest absolute Gasteiger partial charge is 0.392 e. The molecule has 0 saturated heterocycles. The van der Waals surface area contributed by atoms with E-state index in [-0.39, 0.29) is 30.0 Å². The van der Waals surface area contributed by atoms with E-state index >= 15 is 0 Å². The third-order valence-corrected chi connectivity index (χ3v) is 8.13.